The Morgan fingerprint density at radius 2 is 2.14 bits per heavy atom. The number of methoxy groups -OCH3 is 1. The van der Waals surface area contributed by atoms with E-state index >= 15 is 0 Å². The number of pyridine rings is 1. The highest BCUT2D eigenvalue weighted by atomic mass is 79.9. The quantitative estimate of drug-likeness (QED) is 0.856. The van der Waals surface area contributed by atoms with Gasteiger partial charge in [-0.15, -0.1) is 0 Å². The third-order valence-electron chi connectivity index (χ3n) is 3.22. The molecule has 0 saturated carbocycles. The van der Waals surface area contributed by atoms with Gasteiger partial charge in [0.2, 0.25) is 0 Å². The molecule has 1 heterocycles. The minimum Gasteiger partial charge on any atom is -0.496 e. The average Bonchev–Trinajstić information content (AvgIpc) is 2.48. The van der Waals surface area contributed by atoms with Gasteiger partial charge in [-0.2, -0.15) is 0 Å². The monoisotopic (exact) mass is 352 g/mol. The number of benzene rings is 1. The molecule has 1 atom stereocenters. The van der Waals surface area contributed by atoms with E-state index in [0.29, 0.717) is 0 Å². The van der Waals surface area contributed by atoms with Crippen molar-refractivity contribution in [3.63, 3.8) is 0 Å². The molecule has 0 radical (unpaired) electrons. The van der Waals surface area contributed by atoms with Crippen LogP contribution in [0.25, 0.3) is 0 Å². The van der Waals surface area contributed by atoms with E-state index in [1.54, 1.807) is 13.2 Å². The maximum Gasteiger partial charge on any atom is 0.141 e. The Balaban J connectivity index is 2.27. The molecule has 1 aromatic heterocycles. The summed E-state index contributed by atoms with van der Waals surface area (Å²) in [6, 6.07) is 9.07. The van der Waals surface area contributed by atoms with Gasteiger partial charge in [0.05, 0.1) is 25.0 Å². The molecule has 1 aromatic carbocycles. The molecule has 0 aliphatic heterocycles. The van der Waals surface area contributed by atoms with Crippen LogP contribution < -0.4 is 10.1 Å². The molecule has 5 heteroatoms. The second-order valence-electron chi connectivity index (χ2n) is 4.67. The number of hydrogen-bond donors (Lipinski definition) is 1. The number of ether oxygens (including phenoxy) is 1. The maximum absolute atomic E-state index is 13.0. The van der Waals surface area contributed by atoms with Gasteiger partial charge in [-0.3, -0.25) is 4.98 Å². The number of nitrogens with zero attached hydrogens (tertiary/aromatic N) is 1. The Bertz CT molecular complexity index is 589. The summed E-state index contributed by atoms with van der Waals surface area (Å²) >= 11 is 3.48. The number of aromatic nitrogens is 1. The molecule has 0 fully saturated rings. The zero-order chi connectivity index (χ0) is 15.2. The summed E-state index contributed by atoms with van der Waals surface area (Å²) in [5, 5.41) is 3.38. The predicted molar refractivity (Wildman–Crippen MR) is 85.0 cm³/mol. The minimum absolute atomic E-state index is 0.0128. The third-order valence-corrected chi connectivity index (χ3v) is 3.72. The SMILES string of the molecule is CCNC(Cc1cc(Br)ccc1OC)c1ccc(F)cn1. The van der Waals surface area contributed by atoms with E-state index in [2.05, 4.69) is 26.2 Å². The Morgan fingerprint density at radius 3 is 2.76 bits per heavy atom. The van der Waals surface area contributed by atoms with Gasteiger partial charge in [0, 0.05) is 4.47 Å². The van der Waals surface area contributed by atoms with E-state index in [1.165, 1.54) is 12.3 Å². The Labute approximate surface area is 132 Å². The molecule has 0 saturated heterocycles. The lowest BCUT2D eigenvalue weighted by Gasteiger charge is -2.19. The molecule has 3 nitrogen and oxygen atoms in total. The van der Waals surface area contributed by atoms with Gasteiger partial charge >= 0.3 is 0 Å². The van der Waals surface area contributed by atoms with E-state index in [4.69, 9.17) is 4.74 Å². The van der Waals surface area contributed by atoms with Gasteiger partial charge in [0.1, 0.15) is 11.6 Å². The summed E-state index contributed by atoms with van der Waals surface area (Å²) in [4.78, 5) is 4.18. The first kappa shape index (κ1) is 15.9. The summed E-state index contributed by atoms with van der Waals surface area (Å²) in [6.07, 6.45) is 1.97. The first-order valence-corrected chi connectivity index (χ1v) is 7.60. The molecule has 0 aliphatic rings. The summed E-state index contributed by atoms with van der Waals surface area (Å²) in [5.41, 5.74) is 1.89. The minimum atomic E-state index is -0.325. The average molecular weight is 353 g/mol. The van der Waals surface area contributed by atoms with Crippen molar-refractivity contribution in [3.8, 4) is 5.75 Å². The summed E-state index contributed by atoms with van der Waals surface area (Å²) in [5.74, 6) is 0.511. The lowest BCUT2D eigenvalue weighted by molar-refractivity contribution is 0.405. The highest BCUT2D eigenvalue weighted by molar-refractivity contribution is 9.10. The fourth-order valence-corrected chi connectivity index (χ4v) is 2.66. The third kappa shape index (κ3) is 4.25. The van der Waals surface area contributed by atoms with Crippen molar-refractivity contribution in [3.05, 3.63) is 58.1 Å². The van der Waals surface area contributed by atoms with Gasteiger partial charge in [-0.05, 0) is 48.9 Å². The van der Waals surface area contributed by atoms with Crippen molar-refractivity contribution < 1.29 is 9.13 Å². The van der Waals surface area contributed by atoms with E-state index in [1.807, 2.05) is 25.1 Å². The maximum atomic E-state index is 13.0. The standard InChI is InChI=1S/C16H18BrFN2O/c1-3-19-15(14-6-5-13(18)10-20-14)9-11-8-12(17)4-7-16(11)21-2/h4-8,10,15,19H,3,9H2,1-2H3. The molecule has 0 amide bonds. The number of likely N-dealkylation sites (N-methyl/N-ethyl adjacent to an activating group) is 1. The van der Waals surface area contributed by atoms with Crippen molar-refractivity contribution in [2.75, 3.05) is 13.7 Å². The van der Waals surface area contributed by atoms with Gasteiger partial charge < -0.3 is 10.1 Å². The normalized spacial score (nSPS) is 12.2. The van der Waals surface area contributed by atoms with Crippen LogP contribution in [0.1, 0.15) is 24.2 Å². The highest BCUT2D eigenvalue weighted by Crippen LogP contribution is 2.27. The molecule has 0 aliphatic carbocycles. The molecular weight excluding hydrogens is 335 g/mol. The Morgan fingerprint density at radius 1 is 1.33 bits per heavy atom. The van der Waals surface area contributed by atoms with Crippen molar-refractivity contribution in [1.29, 1.82) is 0 Å². The summed E-state index contributed by atoms with van der Waals surface area (Å²) in [7, 11) is 1.66. The first-order valence-electron chi connectivity index (χ1n) is 6.81. The van der Waals surface area contributed by atoms with E-state index in [-0.39, 0.29) is 11.9 Å². The van der Waals surface area contributed by atoms with Crippen LogP contribution in [0.15, 0.2) is 41.0 Å². The van der Waals surface area contributed by atoms with Gasteiger partial charge in [0.15, 0.2) is 0 Å². The molecule has 112 valence electrons. The number of rotatable bonds is 6. The van der Waals surface area contributed by atoms with E-state index in [0.717, 1.165) is 34.4 Å². The van der Waals surface area contributed by atoms with Crippen molar-refractivity contribution in [2.45, 2.75) is 19.4 Å². The van der Waals surface area contributed by atoms with E-state index in [9.17, 15) is 4.39 Å². The van der Waals surface area contributed by atoms with Crippen LogP contribution in [0.3, 0.4) is 0 Å². The zero-order valence-electron chi connectivity index (χ0n) is 12.1. The Hall–Kier alpha value is -1.46. The first-order chi connectivity index (χ1) is 10.1. The molecule has 2 aromatic rings. The van der Waals surface area contributed by atoms with Crippen molar-refractivity contribution in [2.24, 2.45) is 0 Å². The Kier molecular flexibility index (Phi) is 5.70. The lowest BCUT2D eigenvalue weighted by atomic mass is 10.0. The fraction of sp³-hybridized carbons (Fsp3) is 0.312. The molecule has 1 N–H and O–H groups in total. The van der Waals surface area contributed by atoms with Crippen LogP contribution >= 0.6 is 15.9 Å². The summed E-state index contributed by atoms with van der Waals surface area (Å²) in [6.45, 7) is 2.84. The van der Waals surface area contributed by atoms with Crippen LogP contribution in [0.5, 0.6) is 5.75 Å². The smallest absolute Gasteiger partial charge is 0.141 e. The second kappa shape index (κ2) is 7.52. The zero-order valence-corrected chi connectivity index (χ0v) is 13.7. The number of halogens is 2. The molecule has 0 spiro atoms. The molecule has 0 bridgehead atoms. The number of hydrogen-bond acceptors (Lipinski definition) is 3. The molecule has 2 rings (SSSR count). The predicted octanol–water partition coefficient (Wildman–Crippen LogP) is 3.89. The number of nitrogens with one attached hydrogen (secondary N) is 1. The van der Waals surface area contributed by atoms with Crippen LogP contribution in [-0.4, -0.2) is 18.6 Å². The topological polar surface area (TPSA) is 34.1 Å². The van der Waals surface area contributed by atoms with Crippen LogP contribution in [0.2, 0.25) is 0 Å². The van der Waals surface area contributed by atoms with Gasteiger partial charge in [0.25, 0.3) is 0 Å². The van der Waals surface area contributed by atoms with Gasteiger partial charge in [-0.25, -0.2) is 4.39 Å². The van der Waals surface area contributed by atoms with E-state index < -0.39 is 0 Å². The molecule has 21 heavy (non-hydrogen) atoms. The largest absolute Gasteiger partial charge is 0.496 e. The van der Waals surface area contributed by atoms with Gasteiger partial charge in [-0.1, -0.05) is 22.9 Å². The van der Waals surface area contributed by atoms with Crippen LogP contribution in [0, 0.1) is 5.82 Å². The molecule has 1 unspecified atom stereocenters. The summed E-state index contributed by atoms with van der Waals surface area (Å²) < 4.78 is 19.4. The van der Waals surface area contributed by atoms with Crippen molar-refractivity contribution in [1.82, 2.24) is 10.3 Å². The van der Waals surface area contributed by atoms with Crippen LogP contribution in [-0.2, 0) is 6.42 Å². The van der Waals surface area contributed by atoms with Crippen molar-refractivity contribution >= 4 is 15.9 Å². The highest BCUT2D eigenvalue weighted by Gasteiger charge is 2.15. The van der Waals surface area contributed by atoms with Crippen LogP contribution in [0.4, 0.5) is 4.39 Å². The lowest BCUT2D eigenvalue weighted by Crippen LogP contribution is -2.24. The molecular formula is C16H18BrFN2O. The fourth-order valence-electron chi connectivity index (χ4n) is 2.25. The second-order valence-corrected chi connectivity index (χ2v) is 5.59.